The van der Waals surface area contributed by atoms with Crippen LogP contribution in [0.1, 0.15) is 55.6 Å². The molecule has 0 aliphatic heterocycles. The lowest BCUT2D eigenvalue weighted by molar-refractivity contribution is -0.242. The van der Waals surface area contributed by atoms with Gasteiger partial charge in [-0.1, -0.05) is 303 Å². The van der Waals surface area contributed by atoms with Crippen molar-refractivity contribution in [3.8, 4) is 0 Å². The molecule has 0 radical (unpaired) electrons. The molecule has 1 aliphatic carbocycles. The van der Waals surface area contributed by atoms with Gasteiger partial charge in [-0.3, -0.25) is 54.3 Å². The Bertz CT molecular complexity index is 3670. The van der Waals surface area contributed by atoms with E-state index in [-0.39, 0.29) is 66.1 Å². The van der Waals surface area contributed by atoms with Gasteiger partial charge in [-0.15, -0.1) is 0 Å². The Hall–Kier alpha value is -7.44. The van der Waals surface area contributed by atoms with Gasteiger partial charge in [-0.05, 0) is 55.6 Å². The lowest BCUT2D eigenvalue weighted by Gasteiger charge is -2.50. The molecule has 0 aromatic heterocycles. The number of hydrogen-bond donors (Lipinski definition) is 0. The van der Waals surface area contributed by atoms with Crippen molar-refractivity contribution in [2.75, 3.05) is 0 Å². The second kappa shape index (κ2) is 36.6. The maximum atomic E-state index is 16.6. The van der Waals surface area contributed by atoms with E-state index in [2.05, 4.69) is 0 Å². The van der Waals surface area contributed by atoms with E-state index in [0.29, 0.717) is 55.6 Å². The maximum absolute atomic E-state index is 16.6. The van der Waals surface area contributed by atoms with Gasteiger partial charge in [-0.25, -0.2) is 18.3 Å². The molecular formula is C76H76O18P4. The molecule has 0 saturated heterocycles. The summed E-state index contributed by atoms with van der Waals surface area (Å²) in [6, 6.07) is 89.4. The van der Waals surface area contributed by atoms with E-state index in [9.17, 15) is 0 Å². The minimum Gasteiger partial charge on any atom is -0.368 e. The van der Waals surface area contributed by atoms with Crippen LogP contribution in [-0.4, -0.2) is 36.6 Å². The molecule has 1 fully saturated rings. The molecule has 0 N–H and O–H groups in total. The van der Waals surface area contributed by atoms with E-state index in [4.69, 9.17) is 63.8 Å². The number of phosphoric acid groups is 4. The highest BCUT2D eigenvalue weighted by Crippen LogP contribution is 2.63. The van der Waals surface area contributed by atoms with Gasteiger partial charge < -0.3 is 9.47 Å². The lowest BCUT2D eigenvalue weighted by Crippen LogP contribution is -2.67. The monoisotopic (exact) mass is 1400 g/mol. The first-order valence-electron chi connectivity index (χ1n) is 31.9. The van der Waals surface area contributed by atoms with E-state index in [1.807, 2.05) is 109 Å². The van der Waals surface area contributed by atoms with Gasteiger partial charge in [0.1, 0.15) is 36.6 Å². The van der Waals surface area contributed by atoms with E-state index in [1.165, 1.54) is 0 Å². The Balaban J connectivity index is 1.15. The summed E-state index contributed by atoms with van der Waals surface area (Å²) in [5.74, 6) is 0. The highest BCUT2D eigenvalue weighted by atomic mass is 31.2. The van der Waals surface area contributed by atoms with Crippen LogP contribution in [0.2, 0.25) is 0 Å². The van der Waals surface area contributed by atoms with Crippen LogP contribution in [0.25, 0.3) is 0 Å². The molecule has 0 spiro atoms. The SMILES string of the molecule is O=P(OCc1ccccc1)(OCc1ccccc1)O[C@@H]1[C@@H](OP(=O)(OCc2ccccc2)OCc2ccccc2)[C@H](OP(=O)(OCc2ccccc2)OCc2ccccc2)[C@@H](OCc2ccccc2)[C@@H](OCc2ccccc2)[C@H]1OP(=O)(OCc1ccccc1)OCc1ccccc1. The van der Waals surface area contributed by atoms with Crippen molar-refractivity contribution in [1.29, 1.82) is 0 Å². The normalized spacial score (nSPS) is 17.5. The number of ether oxygens (including phenoxy) is 2. The van der Waals surface area contributed by atoms with Crippen LogP contribution in [0.5, 0.6) is 0 Å². The van der Waals surface area contributed by atoms with Crippen LogP contribution in [0.4, 0.5) is 0 Å². The minimum absolute atomic E-state index is 0.236. The average molecular weight is 1400 g/mol. The summed E-state index contributed by atoms with van der Waals surface area (Å²) in [7, 11) is -20.7. The fourth-order valence-electron chi connectivity index (χ4n) is 10.3. The maximum Gasteiger partial charge on any atom is 0.475 e. The lowest BCUT2D eigenvalue weighted by atomic mass is 9.84. The molecule has 11 rings (SSSR count). The molecular weight excluding hydrogens is 1320 g/mol. The van der Waals surface area contributed by atoms with Gasteiger partial charge in [0, 0.05) is 0 Å². The largest absolute Gasteiger partial charge is 0.475 e. The van der Waals surface area contributed by atoms with E-state index < -0.39 is 67.9 Å². The fraction of sp³-hybridized carbons (Fsp3) is 0.211. The number of rotatable bonds is 38. The Morgan fingerprint density at radius 1 is 0.173 bits per heavy atom. The summed E-state index contributed by atoms with van der Waals surface area (Å²) < 4.78 is 161. The second-order valence-corrected chi connectivity index (χ2v) is 29.2. The van der Waals surface area contributed by atoms with E-state index in [1.54, 1.807) is 194 Å². The fourth-order valence-corrected chi connectivity index (χ4v) is 15.7. The van der Waals surface area contributed by atoms with Gasteiger partial charge in [0.2, 0.25) is 0 Å². The van der Waals surface area contributed by atoms with Crippen molar-refractivity contribution in [2.24, 2.45) is 0 Å². The zero-order valence-corrected chi connectivity index (χ0v) is 57.1. The number of phosphoric ester groups is 4. The summed E-state index contributed by atoms with van der Waals surface area (Å²) in [4.78, 5) is 0. The third-order valence-electron chi connectivity index (χ3n) is 15.4. The molecule has 0 unspecified atom stereocenters. The second-order valence-electron chi connectivity index (χ2n) is 22.7. The van der Waals surface area contributed by atoms with Gasteiger partial charge in [0.15, 0.2) is 0 Å². The van der Waals surface area contributed by atoms with Gasteiger partial charge >= 0.3 is 31.3 Å². The van der Waals surface area contributed by atoms with Gasteiger partial charge in [0.05, 0.1) is 66.1 Å². The summed E-state index contributed by atoms with van der Waals surface area (Å²) in [5.41, 5.74) is 5.78. The van der Waals surface area contributed by atoms with Crippen molar-refractivity contribution in [3.63, 3.8) is 0 Å². The molecule has 1 saturated carbocycles. The highest BCUT2D eigenvalue weighted by molar-refractivity contribution is 7.49. The number of benzene rings is 10. The molecule has 98 heavy (non-hydrogen) atoms. The van der Waals surface area contributed by atoms with Gasteiger partial charge in [0.25, 0.3) is 0 Å². The summed E-state index contributed by atoms with van der Waals surface area (Å²) in [6.07, 6.45) is -11.8. The third kappa shape index (κ3) is 22.3. The predicted octanol–water partition coefficient (Wildman–Crippen LogP) is 18.9. The molecule has 0 heterocycles. The van der Waals surface area contributed by atoms with Crippen LogP contribution < -0.4 is 0 Å². The molecule has 508 valence electrons. The van der Waals surface area contributed by atoms with E-state index in [0.717, 1.165) is 0 Å². The highest BCUT2D eigenvalue weighted by Gasteiger charge is 2.62. The molecule has 0 bridgehead atoms. The summed E-state index contributed by atoms with van der Waals surface area (Å²) in [6.45, 7) is -3.32. The quantitative estimate of drug-likeness (QED) is 0.0331. The van der Waals surface area contributed by atoms with E-state index >= 15 is 18.3 Å². The Morgan fingerprint density at radius 2 is 0.296 bits per heavy atom. The standard InChI is InChI=1S/C76H76O18P4/c77-95(83-53-63-35-15-3-16-36-63,84-54-64-37-17-4-18-38-64)91-73-71(81-51-61-31-11-1-12-32-61)72(82-52-62-33-13-2-14-34-62)74(92-96(78,85-55-65-39-19-5-20-40-65)86-56-66-41-21-6-22-42-66)76(94-98(80,89-59-69-47-27-9-28-48-69)90-60-70-49-29-10-30-50-70)75(73)93-97(79,87-57-67-43-23-7-24-44-67)88-58-68-45-25-8-26-46-68/h1-50,71-76H,51-60H2/t71-,72+,73-,74-,75+,76+/m1/s1. The first-order chi connectivity index (χ1) is 47.9. The van der Waals surface area contributed by atoms with Crippen molar-refractivity contribution in [2.45, 2.75) is 103 Å². The smallest absolute Gasteiger partial charge is 0.368 e. The van der Waals surface area contributed by atoms with Crippen LogP contribution in [0, 0.1) is 0 Å². The number of hydrogen-bond acceptors (Lipinski definition) is 18. The summed E-state index contributed by atoms with van der Waals surface area (Å²) >= 11 is 0. The van der Waals surface area contributed by atoms with Crippen molar-refractivity contribution < 1.29 is 82.0 Å². The van der Waals surface area contributed by atoms with Crippen LogP contribution in [-0.2, 0) is 148 Å². The van der Waals surface area contributed by atoms with Crippen LogP contribution >= 0.6 is 31.3 Å². The average Bonchev–Trinajstić information content (AvgIpc) is 0.742. The van der Waals surface area contributed by atoms with Crippen LogP contribution in [0.3, 0.4) is 0 Å². The van der Waals surface area contributed by atoms with Crippen molar-refractivity contribution >= 4 is 31.3 Å². The Labute approximate surface area is 572 Å². The molecule has 18 nitrogen and oxygen atoms in total. The Morgan fingerprint density at radius 3 is 0.439 bits per heavy atom. The first-order valence-corrected chi connectivity index (χ1v) is 37.7. The molecule has 10 aromatic carbocycles. The molecule has 0 amide bonds. The topological polar surface area (TPSA) is 197 Å². The van der Waals surface area contributed by atoms with Crippen molar-refractivity contribution in [3.05, 3.63) is 359 Å². The summed E-state index contributed by atoms with van der Waals surface area (Å²) in [5, 5.41) is 0. The zero-order valence-electron chi connectivity index (χ0n) is 53.5. The zero-order chi connectivity index (χ0) is 67.6. The van der Waals surface area contributed by atoms with Crippen LogP contribution in [0.15, 0.2) is 303 Å². The minimum atomic E-state index is -5.23. The first kappa shape index (κ1) is 71.8. The molecule has 6 atom stereocenters. The third-order valence-corrected chi connectivity index (χ3v) is 20.9. The predicted molar refractivity (Wildman–Crippen MR) is 370 cm³/mol. The Kier molecular flexibility index (Phi) is 26.8. The molecule has 22 heteroatoms. The van der Waals surface area contributed by atoms with Gasteiger partial charge in [-0.2, -0.15) is 0 Å². The molecule has 10 aromatic rings. The molecule has 1 aliphatic rings. The van der Waals surface area contributed by atoms with Crippen molar-refractivity contribution in [1.82, 2.24) is 0 Å².